The summed E-state index contributed by atoms with van der Waals surface area (Å²) in [6.45, 7) is 2.05. The molecule has 0 N–H and O–H groups in total. The first-order valence-electron chi connectivity index (χ1n) is 8.31. The lowest BCUT2D eigenvalue weighted by atomic mass is 9.65. The van der Waals surface area contributed by atoms with Gasteiger partial charge in [0, 0.05) is 14.1 Å². The minimum atomic E-state index is -0.986. The molecule has 1 unspecified atom stereocenters. The molecule has 0 spiro atoms. The number of benzene rings is 2. The van der Waals surface area contributed by atoms with E-state index in [9.17, 15) is 10.1 Å². The van der Waals surface area contributed by atoms with Gasteiger partial charge in [-0.15, -0.1) is 0 Å². The molecule has 0 saturated carbocycles. The first-order chi connectivity index (χ1) is 11.6. The monoisotopic (exact) mass is 320 g/mol. The Kier molecular flexibility index (Phi) is 5.76. The summed E-state index contributed by atoms with van der Waals surface area (Å²) in [6, 6.07) is 21.9. The lowest BCUT2D eigenvalue weighted by Crippen LogP contribution is -2.44. The molecular weight excluding hydrogens is 296 g/mol. The smallest absolute Gasteiger partial charge is 0.227 e. The van der Waals surface area contributed by atoms with Crippen molar-refractivity contribution >= 4 is 5.91 Å². The zero-order chi connectivity index (χ0) is 17.6. The Morgan fingerprint density at radius 1 is 1.04 bits per heavy atom. The van der Waals surface area contributed by atoms with Crippen molar-refractivity contribution < 1.29 is 4.79 Å². The average molecular weight is 320 g/mol. The van der Waals surface area contributed by atoms with Crippen LogP contribution < -0.4 is 0 Å². The van der Waals surface area contributed by atoms with Gasteiger partial charge < -0.3 is 4.90 Å². The molecule has 0 fully saturated rings. The topological polar surface area (TPSA) is 44.1 Å². The fourth-order valence-corrected chi connectivity index (χ4v) is 3.30. The number of hydrogen-bond donors (Lipinski definition) is 0. The predicted molar refractivity (Wildman–Crippen MR) is 96.4 cm³/mol. The zero-order valence-corrected chi connectivity index (χ0v) is 14.6. The van der Waals surface area contributed by atoms with Crippen LogP contribution in [0.25, 0.3) is 0 Å². The third-order valence-electron chi connectivity index (χ3n) is 4.47. The van der Waals surface area contributed by atoms with Gasteiger partial charge in [-0.25, -0.2) is 0 Å². The SMILES string of the molecule is CCCC(C(=O)N(C)C)C(C#N)(c1ccccc1)c1ccccc1. The minimum Gasteiger partial charge on any atom is -0.349 e. The van der Waals surface area contributed by atoms with Gasteiger partial charge in [0.15, 0.2) is 0 Å². The van der Waals surface area contributed by atoms with E-state index in [0.717, 1.165) is 17.5 Å². The van der Waals surface area contributed by atoms with Crippen LogP contribution in [0, 0.1) is 17.2 Å². The molecule has 0 heterocycles. The molecule has 0 aliphatic carbocycles. The van der Waals surface area contributed by atoms with Gasteiger partial charge in [0.1, 0.15) is 5.41 Å². The Bertz CT molecular complexity index is 662. The molecule has 124 valence electrons. The summed E-state index contributed by atoms with van der Waals surface area (Å²) >= 11 is 0. The fourth-order valence-electron chi connectivity index (χ4n) is 3.30. The van der Waals surface area contributed by atoms with E-state index in [2.05, 4.69) is 6.07 Å². The van der Waals surface area contributed by atoms with Crippen LogP contribution in [-0.4, -0.2) is 24.9 Å². The van der Waals surface area contributed by atoms with Crippen LogP contribution in [0.5, 0.6) is 0 Å². The summed E-state index contributed by atoms with van der Waals surface area (Å²) in [5.74, 6) is -0.432. The largest absolute Gasteiger partial charge is 0.349 e. The summed E-state index contributed by atoms with van der Waals surface area (Å²) in [6.07, 6.45) is 1.50. The highest BCUT2D eigenvalue weighted by Crippen LogP contribution is 2.41. The normalized spacial score (nSPS) is 12.2. The zero-order valence-electron chi connectivity index (χ0n) is 14.6. The standard InChI is InChI=1S/C21H24N2O/c1-4-11-19(20(24)23(2)3)21(16-22,17-12-7-5-8-13-17)18-14-9-6-10-15-18/h5-10,12-15,19H,4,11H2,1-3H3. The molecule has 0 aliphatic rings. The van der Waals surface area contributed by atoms with Crippen molar-refractivity contribution in [3.05, 3.63) is 71.8 Å². The maximum Gasteiger partial charge on any atom is 0.227 e. The summed E-state index contributed by atoms with van der Waals surface area (Å²) < 4.78 is 0. The van der Waals surface area contributed by atoms with E-state index < -0.39 is 11.3 Å². The third-order valence-corrected chi connectivity index (χ3v) is 4.47. The van der Waals surface area contributed by atoms with Crippen LogP contribution in [0.2, 0.25) is 0 Å². The average Bonchev–Trinajstić information content (AvgIpc) is 2.63. The maximum atomic E-state index is 13.0. The van der Waals surface area contributed by atoms with E-state index in [1.165, 1.54) is 0 Å². The Labute approximate surface area is 144 Å². The Hall–Kier alpha value is -2.60. The second-order valence-electron chi connectivity index (χ2n) is 6.23. The Morgan fingerprint density at radius 2 is 1.50 bits per heavy atom. The molecule has 0 bridgehead atoms. The van der Waals surface area contributed by atoms with E-state index in [4.69, 9.17) is 0 Å². The highest BCUT2D eigenvalue weighted by Gasteiger charge is 2.46. The number of carbonyl (C=O) groups is 1. The number of hydrogen-bond acceptors (Lipinski definition) is 2. The first-order valence-corrected chi connectivity index (χ1v) is 8.31. The van der Waals surface area contributed by atoms with Crippen molar-refractivity contribution in [2.45, 2.75) is 25.2 Å². The number of nitrogens with zero attached hydrogens (tertiary/aromatic N) is 2. The van der Waals surface area contributed by atoms with Crippen molar-refractivity contribution in [2.24, 2.45) is 5.92 Å². The van der Waals surface area contributed by atoms with Crippen LogP contribution in [-0.2, 0) is 10.2 Å². The Morgan fingerprint density at radius 3 is 1.83 bits per heavy atom. The van der Waals surface area contributed by atoms with Gasteiger partial charge in [-0.2, -0.15) is 5.26 Å². The van der Waals surface area contributed by atoms with E-state index in [0.29, 0.717) is 6.42 Å². The lowest BCUT2D eigenvalue weighted by molar-refractivity contribution is -0.134. The molecule has 0 aromatic heterocycles. The molecular formula is C21H24N2O. The van der Waals surface area contributed by atoms with Crippen molar-refractivity contribution in [2.75, 3.05) is 14.1 Å². The molecule has 24 heavy (non-hydrogen) atoms. The van der Waals surface area contributed by atoms with Crippen LogP contribution in [0.4, 0.5) is 0 Å². The number of amides is 1. The van der Waals surface area contributed by atoms with Crippen molar-refractivity contribution in [1.82, 2.24) is 4.90 Å². The molecule has 2 aromatic rings. The van der Waals surface area contributed by atoms with Crippen LogP contribution in [0.3, 0.4) is 0 Å². The molecule has 0 radical (unpaired) electrons. The van der Waals surface area contributed by atoms with Gasteiger partial charge in [0.25, 0.3) is 0 Å². The van der Waals surface area contributed by atoms with E-state index in [-0.39, 0.29) is 5.91 Å². The molecule has 3 nitrogen and oxygen atoms in total. The molecule has 3 heteroatoms. The second kappa shape index (κ2) is 7.79. The molecule has 2 rings (SSSR count). The van der Waals surface area contributed by atoms with Crippen molar-refractivity contribution in [3.8, 4) is 6.07 Å². The van der Waals surface area contributed by atoms with E-state index in [1.807, 2.05) is 67.6 Å². The van der Waals surface area contributed by atoms with E-state index >= 15 is 0 Å². The van der Waals surface area contributed by atoms with Gasteiger partial charge in [0.2, 0.25) is 5.91 Å². The second-order valence-corrected chi connectivity index (χ2v) is 6.23. The van der Waals surface area contributed by atoms with Crippen LogP contribution >= 0.6 is 0 Å². The number of nitriles is 1. The fraction of sp³-hybridized carbons (Fsp3) is 0.333. The summed E-state index contributed by atoms with van der Waals surface area (Å²) in [7, 11) is 3.51. The van der Waals surface area contributed by atoms with E-state index in [1.54, 1.807) is 19.0 Å². The number of carbonyl (C=O) groups excluding carboxylic acids is 1. The molecule has 0 aliphatic heterocycles. The maximum absolute atomic E-state index is 13.0. The van der Waals surface area contributed by atoms with Gasteiger partial charge in [-0.1, -0.05) is 74.0 Å². The van der Waals surface area contributed by atoms with Crippen molar-refractivity contribution in [1.29, 1.82) is 5.26 Å². The minimum absolute atomic E-state index is 0.00824. The quantitative estimate of drug-likeness (QED) is 0.807. The van der Waals surface area contributed by atoms with Crippen LogP contribution in [0.1, 0.15) is 30.9 Å². The van der Waals surface area contributed by atoms with Crippen molar-refractivity contribution in [3.63, 3.8) is 0 Å². The summed E-state index contributed by atoms with van der Waals surface area (Å²) in [5, 5.41) is 10.3. The molecule has 1 amide bonds. The first kappa shape index (κ1) is 17.7. The van der Waals surface area contributed by atoms with Crippen LogP contribution in [0.15, 0.2) is 60.7 Å². The predicted octanol–water partition coefficient (Wildman–Crippen LogP) is 4.00. The van der Waals surface area contributed by atoms with Gasteiger partial charge >= 0.3 is 0 Å². The van der Waals surface area contributed by atoms with Gasteiger partial charge in [-0.3, -0.25) is 4.79 Å². The molecule has 2 aromatic carbocycles. The molecule has 1 atom stereocenters. The summed E-state index contributed by atoms with van der Waals surface area (Å²) in [5.41, 5.74) is 0.750. The van der Waals surface area contributed by atoms with Gasteiger partial charge in [-0.05, 0) is 17.5 Å². The Balaban J connectivity index is 2.74. The highest BCUT2D eigenvalue weighted by atomic mass is 16.2. The highest BCUT2D eigenvalue weighted by molar-refractivity contribution is 5.82. The molecule has 0 saturated heterocycles. The third kappa shape index (κ3) is 3.19. The number of rotatable bonds is 6. The van der Waals surface area contributed by atoms with Gasteiger partial charge in [0.05, 0.1) is 12.0 Å². The summed E-state index contributed by atoms with van der Waals surface area (Å²) in [4.78, 5) is 14.6. The lowest BCUT2D eigenvalue weighted by Gasteiger charge is -2.36.